The Labute approximate surface area is 116 Å². The van der Waals surface area contributed by atoms with Crippen LogP contribution in [0, 0.1) is 23.7 Å². The summed E-state index contributed by atoms with van der Waals surface area (Å²) in [6, 6.07) is 0.778. The SMILES string of the molecule is CC(C)NC(=O)C(C)NC1CC2CC1C1CCCC21. The summed E-state index contributed by atoms with van der Waals surface area (Å²) in [4.78, 5) is 12.0. The average Bonchev–Trinajstić information content (AvgIpc) is 2.98. The van der Waals surface area contributed by atoms with Gasteiger partial charge in [0.1, 0.15) is 0 Å². The van der Waals surface area contributed by atoms with Crippen LogP contribution in [-0.2, 0) is 4.79 Å². The standard InChI is InChI=1S/C16H28N2O/c1-9(2)17-16(19)10(3)18-15-8-11-7-14(15)13-6-4-5-12(11)13/h9-15,18H,4-8H2,1-3H3,(H,17,19). The van der Waals surface area contributed by atoms with Crippen molar-refractivity contribution in [3.8, 4) is 0 Å². The van der Waals surface area contributed by atoms with Crippen molar-refractivity contribution in [2.24, 2.45) is 23.7 Å². The van der Waals surface area contributed by atoms with Gasteiger partial charge in [0, 0.05) is 12.1 Å². The topological polar surface area (TPSA) is 41.1 Å². The smallest absolute Gasteiger partial charge is 0.237 e. The fraction of sp³-hybridized carbons (Fsp3) is 0.938. The number of carbonyl (C=O) groups is 1. The first-order valence-electron chi connectivity index (χ1n) is 8.12. The quantitative estimate of drug-likeness (QED) is 0.818. The highest BCUT2D eigenvalue weighted by atomic mass is 16.2. The Balaban J connectivity index is 1.56. The number of amides is 1. The average molecular weight is 264 g/mol. The van der Waals surface area contributed by atoms with Gasteiger partial charge in [0.05, 0.1) is 6.04 Å². The first-order valence-corrected chi connectivity index (χ1v) is 8.12. The molecule has 3 aliphatic carbocycles. The van der Waals surface area contributed by atoms with Gasteiger partial charge in [-0.1, -0.05) is 6.42 Å². The Bertz CT molecular complexity index is 355. The van der Waals surface area contributed by atoms with Gasteiger partial charge in [0.25, 0.3) is 0 Å². The largest absolute Gasteiger partial charge is 0.353 e. The van der Waals surface area contributed by atoms with E-state index in [2.05, 4.69) is 10.6 Å². The number of fused-ring (bicyclic) bond motifs is 5. The minimum atomic E-state index is -0.0494. The number of nitrogens with one attached hydrogen (secondary N) is 2. The Kier molecular flexibility index (Phi) is 3.59. The molecular formula is C16H28N2O. The molecule has 0 aromatic rings. The van der Waals surface area contributed by atoms with E-state index >= 15 is 0 Å². The molecule has 3 aliphatic rings. The van der Waals surface area contributed by atoms with Crippen molar-refractivity contribution in [3.05, 3.63) is 0 Å². The molecule has 0 aromatic carbocycles. The molecule has 0 heterocycles. The molecule has 0 saturated heterocycles. The lowest BCUT2D eigenvalue weighted by Gasteiger charge is -2.33. The van der Waals surface area contributed by atoms with Gasteiger partial charge in [-0.05, 0) is 70.1 Å². The number of hydrogen-bond acceptors (Lipinski definition) is 2. The van der Waals surface area contributed by atoms with Crippen LogP contribution < -0.4 is 10.6 Å². The first kappa shape index (κ1) is 13.4. The normalized spacial score (nSPS) is 41.6. The predicted octanol–water partition coefficient (Wildman–Crippen LogP) is 2.31. The molecule has 19 heavy (non-hydrogen) atoms. The van der Waals surface area contributed by atoms with Gasteiger partial charge in [0.15, 0.2) is 0 Å². The van der Waals surface area contributed by atoms with Crippen molar-refractivity contribution in [1.82, 2.24) is 10.6 Å². The third-order valence-electron chi connectivity index (χ3n) is 5.72. The van der Waals surface area contributed by atoms with E-state index in [-0.39, 0.29) is 18.0 Å². The van der Waals surface area contributed by atoms with Gasteiger partial charge in [-0.2, -0.15) is 0 Å². The molecule has 0 aromatic heterocycles. The van der Waals surface area contributed by atoms with Crippen LogP contribution >= 0.6 is 0 Å². The zero-order valence-corrected chi connectivity index (χ0v) is 12.5. The van der Waals surface area contributed by atoms with Crippen LogP contribution in [0.15, 0.2) is 0 Å². The van der Waals surface area contributed by atoms with Gasteiger partial charge >= 0.3 is 0 Å². The molecule has 2 bridgehead atoms. The maximum Gasteiger partial charge on any atom is 0.237 e. The zero-order chi connectivity index (χ0) is 13.6. The molecule has 1 amide bonds. The van der Waals surface area contributed by atoms with E-state index in [1.807, 2.05) is 20.8 Å². The molecule has 3 heteroatoms. The van der Waals surface area contributed by atoms with Crippen LogP contribution in [0.25, 0.3) is 0 Å². The fourth-order valence-electron chi connectivity index (χ4n) is 5.07. The second-order valence-electron chi connectivity index (χ2n) is 7.31. The summed E-state index contributed by atoms with van der Waals surface area (Å²) in [6.07, 6.45) is 7.09. The summed E-state index contributed by atoms with van der Waals surface area (Å²) in [5.41, 5.74) is 0. The molecule has 6 unspecified atom stereocenters. The lowest BCUT2D eigenvalue weighted by Crippen LogP contribution is -2.51. The van der Waals surface area contributed by atoms with E-state index in [0.29, 0.717) is 6.04 Å². The summed E-state index contributed by atoms with van der Waals surface area (Å²) in [7, 11) is 0. The van der Waals surface area contributed by atoms with E-state index < -0.39 is 0 Å². The lowest BCUT2D eigenvalue weighted by atomic mass is 9.79. The van der Waals surface area contributed by atoms with Gasteiger partial charge in [-0.15, -0.1) is 0 Å². The molecule has 108 valence electrons. The summed E-state index contributed by atoms with van der Waals surface area (Å²) in [5.74, 6) is 3.96. The molecule has 3 saturated carbocycles. The van der Waals surface area contributed by atoms with Crippen LogP contribution in [-0.4, -0.2) is 24.0 Å². The predicted molar refractivity (Wildman–Crippen MR) is 76.7 cm³/mol. The maximum absolute atomic E-state index is 12.0. The molecule has 0 aliphatic heterocycles. The fourth-order valence-corrected chi connectivity index (χ4v) is 5.07. The Morgan fingerprint density at radius 3 is 2.53 bits per heavy atom. The van der Waals surface area contributed by atoms with Crippen molar-refractivity contribution in [3.63, 3.8) is 0 Å². The van der Waals surface area contributed by atoms with Gasteiger partial charge in [-0.25, -0.2) is 0 Å². The highest BCUT2D eigenvalue weighted by molar-refractivity contribution is 5.81. The molecular weight excluding hydrogens is 236 g/mol. The van der Waals surface area contributed by atoms with Gasteiger partial charge in [0.2, 0.25) is 5.91 Å². The highest BCUT2D eigenvalue weighted by Crippen LogP contribution is 2.58. The Morgan fingerprint density at radius 2 is 1.79 bits per heavy atom. The van der Waals surface area contributed by atoms with Crippen molar-refractivity contribution < 1.29 is 4.79 Å². The molecule has 2 N–H and O–H groups in total. The summed E-state index contributed by atoms with van der Waals surface area (Å²) in [5, 5.41) is 6.62. The molecule has 6 atom stereocenters. The monoisotopic (exact) mass is 264 g/mol. The summed E-state index contributed by atoms with van der Waals surface area (Å²) < 4.78 is 0. The third kappa shape index (κ3) is 2.42. The van der Waals surface area contributed by atoms with Gasteiger partial charge in [-0.3, -0.25) is 4.79 Å². The summed E-state index contributed by atoms with van der Waals surface area (Å²) >= 11 is 0. The van der Waals surface area contributed by atoms with Crippen molar-refractivity contribution in [2.45, 2.75) is 71.0 Å². The van der Waals surface area contributed by atoms with Crippen LogP contribution in [0.1, 0.15) is 52.9 Å². The van der Waals surface area contributed by atoms with Crippen LogP contribution in [0.4, 0.5) is 0 Å². The first-order chi connectivity index (χ1) is 9.06. The number of rotatable bonds is 4. The van der Waals surface area contributed by atoms with E-state index in [1.54, 1.807) is 0 Å². The van der Waals surface area contributed by atoms with Crippen molar-refractivity contribution in [1.29, 1.82) is 0 Å². The minimum Gasteiger partial charge on any atom is -0.353 e. The third-order valence-corrected chi connectivity index (χ3v) is 5.72. The van der Waals surface area contributed by atoms with Crippen LogP contribution in [0.5, 0.6) is 0 Å². The molecule has 3 fully saturated rings. The van der Waals surface area contributed by atoms with Gasteiger partial charge < -0.3 is 10.6 Å². The molecule has 3 rings (SSSR count). The summed E-state index contributed by atoms with van der Waals surface area (Å²) in [6.45, 7) is 6.05. The molecule has 3 nitrogen and oxygen atoms in total. The van der Waals surface area contributed by atoms with Crippen molar-refractivity contribution >= 4 is 5.91 Å². The molecule has 0 spiro atoms. The zero-order valence-electron chi connectivity index (χ0n) is 12.5. The number of hydrogen-bond donors (Lipinski definition) is 2. The van der Waals surface area contributed by atoms with Crippen LogP contribution in [0.3, 0.4) is 0 Å². The Hall–Kier alpha value is -0.570. The minimum absolute atomic E-state index is 0.0494. The second-order valence-corrected chi connectivity index (χ2v) is 7.31. The second kappa shape index (κ2) is 5.08. The lowest BCUT2D eigenvalue weighted by molar-refractivity contribution is -0.123. The van der Waals surface area contributed by atoms with E-state index in [0.717, 1.165) is 23.7 Å². The highest BCUT2D eigenvalue weighted by Gasteiger charge is 2.53. The Morgan fingerprint density at radius 1 is 1.05 bits per heavy atom. The van der Waals surface area contributed by atoms with E-state index in [1.165, 1.54) is 32.1 Å². The van der Waals surface area contributed by atoms with E-state index in [9.17, 15) is 4.79 Å². The number of carbonyl (C=O) groups excluding carboxylic acids is 1. The maximum atomic E-state index is 12.0. The van der Waals surface area contributed by atoms with E-state index in [4.69, 9.17) is 0 Å². The molecule has 0 radical (unpaired) electrons. The van der Waals surface area contributed by atoms with Crippen molar-refractivity contribution in [2.75, 3.05) is 0 Å². The van der Waals surface area contributed by atoms with Crippen LogP contribution in [0.2, 0.25) is 0 Å².